The number of alkyl halides is 2. The fourth-order valence-electron chi connectivity index (χ4n) is 1.96. The second-order valence-electron chi connectivity index (χ2n) is 4.41. The molecule has 0 unspecified atom stereocenters. The van der Waals surface area contributed by atoms with E-state index in [1.807, 2.05) is 4.90 Å². The average molecular weight is 306 g/mol. The van der Waals surface area contributed by atoms with Crippen molar-refractivity contribution in [1.29, 1.82) is 0 Å². The number of rotatable bonds is 2. The van der Waals surface area contributed by atoms with E-state index in [1.165, 1.54) is 0 Å². The Hall–Kier alpha value is -0.680. The van der Waals surface area contributed by atoms with Gasteiger partial charge in [0, 0.05) is 36.9 Å². The first-order valence-corrected chi connectivity index (χ1v) is 6.33. The molecule has 0 atom stereocenters. The highest BCUT2D eigenvalue weighted by atomic mass is 79.9. The van der Waals surface area contributed by atoms with E-state index in [0.717, 1.165) is 10.0 Å². The molecule has 94 valence electrons. The first kappa shape index (κ1) is 12.8. The number of benzene rings is 1. The molecule has 1 saturated heterocycles. The van der Waals surface area contributed by atoms with Crippen LogP contribution >= 0.6 is 15.9 Å². The van der Waals surface area contributed by atoms with Gasteiger partial charge in [-0.2, -0.15) is 0 Å². The largest absolute Gasteiger partial charge is 0.508 e. The van der Waals surface area contributed by atoms with Gasteiger partial charge < -0.3 is 5.11 Å². The Balaban J connectivity index is 2.00. The number of halogens is 3. The number of likely N-dealkylation sites (tertiary alicyclic amines) is 1. The van der Waals surface area contributed by atoms with E-state index in [-0.39, 0.29) is 18.6 Å². The van der Waals surface area contributed by atoms with E-state index in [9.17, 15) is 13.9 Å². The van der Waals surface area contributed by atoms with E-state index in [0.29, 0.717) is 19.6 Å². The van der Waals surface area contributed by atoms with Crippen LogP contribution in [0.25, 0.3) is 0 Å². The molecule has 0 saturated carbocycles. The highest BCUT2D eigenvalue weighted by Gasteiger charge is 2.33. The number of piperidine rings is 1. The summed E-state index contributed by atoms with van der Waals surface area (Å²) in [5.41, 5.74) is 0.926. The van der Waals surface area contributed by atoms with Crippen LogP contribution in [0.2, 0.25) is 0 Å². The van der Waals surface area contributed by atoms with Crippen molar-refractivity contribution >= 4 is 15.9 Å². The summed E-state index contributed by atoms with van der Waals surface area (Å²) in [4.78, 5) is 1.98. The van der Waals surface area contributed by atoms with Gasteiger partial charge in [-0.05, 0) is 23.8 Å². The van der Waals surface area contributed by atoms with Crippen molar-refractivity contribution in [3.8, 4) is 5.75 Å². The minimum atomic E-state index is -2.51. The van der Waals surface area contributed by atoms with Crippen LogP contribution in [0.4, 0.5) is 8.78 Å². The number of hydrogen-bond donors (Lipinski definition) is 1. The van der Waals surface area contributed by atoms with Gasteiger partial charge in [0.15, 0.2) is 0 Å². The van der Waals surface area contributed by atoms with Crippen LogP contribution in [0.5, 0.6) is 5.75 Å². The molecule has 1 fully saturated rings. The molecule has 1 heterocycles. The fraction of sp³-hybridized carbons (Fsp3) is 0.500. The van der Waals surface area contributed by atoms with Gasteiger partial charge in [0.25, 0.3) is 5.92 Å². The van der Waals surface area contributed by atoms with E-state index >= 15 is 0 Å². The van der Waals surface area contributed by atoms with Gasteiger partial charge in [0.05, 0.1) is 0 Å². The number of nitrogens with zero attached hydrogens (tertiary/aromatic N) is 1. The van der Waals surface area contributed by atoms with Crippen molar-refractivity contribution < 1.29 is 13.9 Å². The van der Waals surface area contributed by atoms with Gasteiger partial charge in [-0.15, -0.1) is 0 Å². The van der Waals surface area contributed by atoms with Crippen molar-refractivity contribution in [2.45, 2.75) is 25.3 Å². The van der Waals surface area contributed by atoms with Gasteiger partial charge in [-0.25, -0.2) is 8.78 Å². The quantitative estimate of drug-likeness (QED) is 0.905. The maximum absolute atomic E-state index is 13.0. The minimum Gasteiger partial charge on any atom is -0.508 e. The summed E-state index contributed by atoms with van der Waals surface area (Å²) in [6, 6.07) is 5.03. The van der Waals surface area contributed by atoms with Crippen LogP contribution < -0.4 is 0 Å². The summed E-state index contributed by atoms with van der Waals surface area (Å²) in [7, 11) is 0. The van der Waals surface area contributed by atoms with Crippen molar-refractivity contribution in [3.63, 3.8) is 0 Å². The van der Waals surface area contributed by atoms with Gasteiger partial charge in [0.2, 0.25) is 0 Å². The lowest BCUT2D eigenvalue weighted by Crippen LogP contribution is -2.38. The molecule has 17 heavy (non-hydrogen) atoms. The first-order chi connectivity index (χ1) is 7.96. The van der Waals surface area contributed by atoms with Crippen LogP contribution in [0.15, 0.2) is 22.7 Å². The third-order valence-electron chi connectivity index (χ3n) is 3.01. The third-order valence-corrected chi connectivity index (χ3v) is 3.78. The molecule has 0 amide bonds. The fourth-order valence-corrected chi connectivity index (χ4v) is 2.33. The lowest BCUT2D eigenvalue weighted by atomic mass is 10.1. The normalized spacial score (nSPS) is 20.4. The predicted octanol–water partition coefficient (Wildman–Crippen LogP) is 3.39. The standard InChI is InChI=1S/C12H14BrF2NO/c13-11-2-1-10(17)7-9(11)8-16-5-3-12(14,15)4-6-16/h1-2,7,17H,3-6,8H2. The molecule has 2 nitrogen and oxygen atoms in total. The van der Waals surface area contributed by atoms with Crippen LogP contribution in [-0.2, 0) is 6.54 Å². The smallest absolute Gasteiger partial charge is 0.250 e. The molecule has 0 aromatic heterocycles. The Labute approximate surface area is 107 Å². The number of phenols is 1. The van der Waals surface area contributed by atoms with Crippen molar-refractivity contribution in [2.75, 3.05) is 13.1 Å². The predicted molar refractivity (Wildman–Crippen MR) is 65.3 cm³/mol. The maximum atomic E-state index is 13.0. The zero-order valence-electron chi connectivity index (χ0n) is 9.30. The molecular formula is C12H14BrF2NO. The van der Waals surface area contributed by atoms with Crippen LogP contribution in [0.3, 0.4) is 0 Å². The molecule has 0 spiro atoms. The van der Waals surface area contributed by atoms with Crippen molar-refractivity contribution in [3.05, 3.63) is 28.2 Å². The number of phenolic OH excluding ortho intramolecular Hbond substituents is 1. The number of hydrogen-bond acceptors (Lipinski definition) is 2. The Morgan fingerprint density at radius 3 is 2.59 bits per heavy atom. The second-order valence-corrected chi connectivity index (χ2v) is 5.26. The third kappa shape index (κ3) is 3.39. The molecule has 0 bridgehead atoms. The lowest BCUT2D eigenvalue weighted by molar-refractivity contribution is -0.0566. The zero-order chi connectivity index (χ0) is 12.5. The van der Waals surface area contributed by atoms with Gasteiger partial charge in [0.1, 0.15) is 5.75 Å². The molecule has 5 heteroatoms. The molecule has 1 aliphatic rings. The zero-order valence-corrected chi connectivity index (χ0v) is 10.9. The summed E-state index contributed by atoms with van der Waals surface area (Å²) < 4.78 is 26.9. The van der Waals surface area contributed by atoms with Crippen molar-refractivity contribution in [2.24, 2.45) is 0 Å². The molecular weight excluding hydrogens is 292 g/mol. The second kappa shape index (κ2) is 4.90. The van der Waals surface area contributed by atoms with Gasteiger partial charge in [-0.1, -0.05) is 15.9 Å². The molecule has 1 aromatic carbocycles. The van der Waals surface area contributed by atoms with Gasteiger partial charge >= 0.3 is 0 Å². The Morgan fingerprint density at radius 2 is 1.94 bits per heavy atom. The van der Waals surface area contributed by atoms with E-state index in [2.05, 4.69) is 15.9 Å². The van der Waals surface area contributed by atoms with Crippen LogP contribution in [0, 0.1) is 0 Å². The van der Waals surface area contributed by atoms with E-state index < -0.39 is 5.92 Å². The minimum absolute atomic E-state index is 0.0799. The van der Waals surface area contributed by atoms with E-state index in [4.69, 9.17) is 0 Å². The maximum Gasteiger partial charge on any atom is 0.250 e. The van der Waals surface area contributed by atoms with E-state index in [1.54, 1.807) is 18.2 Å². The Kier molecular flexibility index (Phi) is 3.68. The Bertz CT molecular complexity index is 401. The monoisotopic (exact) mass is 305 g/mol. The summed E-state index contributed by atoms with van der Waals surface area (Å²) in [5.74, 6) is -2.31. The van der Waals surface area contributed by atoms with Crippen LogP contribution in [-0.4, -0.2) is 29.0 Å². The molecule has 1 aliphatic heterocycles. The van der Waals surface area contributed by atoms with Crippen molar-refractivity contribution in [1.82, 2.24) is 4.90 Å². The lowest BCUT2D eigenvalue weighted by Gasteiger charge is -2.31. The van der Waals surface area contributed by atoms with Gasteiger partial charge in [-0.3, -0.25) is 4.90 Å². The first-order valence-electron chi connectivity index (χ1n) is 5.54. The summed E-state index contributed by atoms with van der Waals surface area (Å²) in [5, 5.41) is 9.39. The summed E-state index contributed by atoms with van der Waals surface area (Å²) in [6.07, 6.45) is -0.160. The highest BCUT2D eigenvalue weighted by Crippen LogP contribution is 2.30. The summed E-state index contributed by atoms with van der Waals surface area (Å²) >= 11 is 3.39. The molecule has 0 radical (unpaired) electrons. The molecule has 0 aliphatic carbocycles. The SMILES string of the molecule is Oc1ccc(Br)c(CN2CCC(F)(F)CC2)c1. The average Bonchev–Trinajstić information content (AvgIpc) is 2.26. The molecule has 1 aromatic rings. The number of aromatic hydroxyl groups is 1. The molecule has 2 rings (SSSR count). The molecule has 1 N–H and O–H groups in total. The van der Waals surface area contributed by atoms with Crippen LogP contribution in [0.1, 0.15) is 18.4 Å². The topological polar surface area (TPSA) is 23.5 Å². The Morgan fingerprint density at radius 1 is 1.29 bits per heavy atom. The highest BCUT2D eigenvalue weighted by molar-refractivity contribution is 9.10. The summed E-state index contributed by atoms with van der Waals surface area (Å²) in [6.45, 7) is 1.38.